The van der Waals surface area contributed by atoms with Crippen LogP contribution in [0.15, 0.2) is 24.3 Å². The molecular formula is C14H18N2O2. The highest BCUT2D eigenvalue weighted by atomic mass is 16.4. The van der Waals surface area contributed by atoms with E-state index in [0.29, 0.717) is 0 Å². The highest BCUT2D eigenvalue weighted by molar-refractivity contribution is 5.93. The molecule has 2 N–H and O–H groups in total. The number of hydrogen-bond acceptors (Lipinski definition) is 2. The van der Waals surface area contributed by atoms with Crippen LogP contribution < -0.4 is 0 Å². The fraction of sp³-hybridized carbons (Fsp3) is 0.357. The fourth-order valence-corrected chi connectivity index (χ4v) is 2.05. The topological polar surface area (TPSA) is 56.3 Å². The maximum atomic E-state index is 10.9. The first-order valence-corrected chi connectivity index (χ1v) is 6.06. The Balaban J connectivity index is 2.14. The SMILES string of the molecule is CN(C)CCCc1ccc2[nH]c(C(=O)O)cc2c1. The van der Waals surface area contributed by atoms with Gasteiger partial charge in [-0.25, -0.2) is 4.79 Å². The van der Waals surface area contributed by atoms with E-state index in [9.17, 15) is 4.79 Å². The van der Waals surface area contributed by atoms with Gasteiger partial charge < -0.3 is 15.0 Å². The van der Waals surface area contributed by atoms with Crippen LogP contribution in [0.3, 0.4) is 0 Å². The number of fused-ring (bicyclic) bond motifs is 1. The van der Waals surface area contributed by atoms with Gasteiger partial charge in [-0.3, -0.25) is 0 Å². The first-order chi connectivity index (χ1) is 8.56. The summed E-state index contributed by atoms with van der Waals surface area (Å²) in [5, 5.41) is 9.89. The molecule has 0 saturated carbocycles. The highest BCUT2D eigenvalue weighted by Gasteiger charge is 2.07. The van der Waals surface area contributed by atoms with Gasteiger partial charge >= 0.3 is 5.97 Å². The summed E-state index contributed by atoms with van der Waals surface area (Å²) in [4.78, 5) is 15.9. The minimum atomic E-state index is -0.916. The van der Waals surface area contributed by atoms with E-state index in [4.69, 9.17) is 5.11 Å². The van der Waals surface area contributed by atoms with Crippen molar-refractivity contribution in [3.8, 4) is 0 Å². The zero-order valence-corrected chi connectivity index (χ0v) is 10.7. The smallest absolute Gasteiger partial charge is 0.352 e. The Morgan fingerprint density at radius 1 is 1.33 bits per heavy atom. The van der Waals surface area contributed by atoms with E-state index in [0.717, 1.165) is 30.3 Å². The van der Waals surface area contributed by atoms with Gasteiger partial charge in [0, 0.05) is 10.9 Å². The molecule has 96 valence electrons. The van der Waals surface area contributed by atoms with Crippen LogP contribution in [0.1, 0.15) is 22.5 Å². The van der Waals surface area contributed by atoms with Crippen molar-refractivity contribution in [2.24, 2.45) is 0 Å². The van der Waals surface area contributed by atoms with Gasteiger partial charge in [-0.1, -0.05) is 6.07 Å². The van der Waals surface area contributed by atoms with Gasteiger partial charge in [0.05, 0.1) is 0 Å². The van der Waals surface area contributed by atoms with Gasteiger partial charge in [-0.15, -0.1) is 0 Å². The van der Waals surface area contributed by atoms with E-state index in [1.807, 2.05) is 6.07 Å². The molecule has 2 aromatic rings. The molecule has 4 nitrogen and oxygen atoms in total. The molecule has 0 radical (unpaired) electrons. The first-order valence-electron chi connectivity index (χ1n) is 6.06. The van der Waals surface area contributed by atoms with Gasteiger partial charge in [0.15, 0.2) is 0 Å². The quantitative estimate of drug-likeness (QED) is 0.851. The summed E-state index contributed by atoms with van der Waals surface area (Å²) in [6.07, 6.45) is 2.12. The van der Waals surface area contributed by atoms with Crippen LogP contribution in [0, 0.1) is 0 Å². The number of carboxylic acids is 1. The van der Waals surface area contributed by atoms with E-state index >= 15 is 0 Å². The Kier molecular flexibility index (Phi) is 3.67. The number of aromatic amines is 1. The molecule has 0 unspecified atom stereocenters. The van der Waals surface area contributed by atoms with Crippen LogP contribution in [0.25, 0.3) is 10.9 Å². The van der Waals surface area contributed by atoms with E-state index in [-0.39, 0.29) is 5.69 Å². The molecule has 1 aromatic carbocycles. The van der Waals surface area contributed by atoms with Crippen LogP contribution in [0.2, 0.25) is 0 Å². The fourth-order valence-electron chi connectivity index (χ4n) is 2.05. The number of nitrogens with one attached hydrogen (secondary N) is 1. The maximum Gasteiger partial charge on any atom is 0.352 e. The third kappa shape index (κ3) is 2.90. The molecule has 0 bridgehead atoms. The Labute approximate surface area is 106 Å². The lowest BCUT2D eigenvalue weighted by Gasteiger charge is -2.08. The number of nitrogens with zero attached hydrogens (tertiary/aromatic N) is 1. The Morgan fingerprint density at radius 2 is 2.11 bits per heavy atom. The number of carbonyl (C=O) groups is 1. The molecule has 0 fully saturated rings. The number of aryl methyl sites for hydroxylation is 1. The van der Waals surface area contributed by atoms with Crippen LogP contribution in [-0.2, 0) is 6.42 Å². The minimum Gasteiger partial charge on any atom is -0.477 e. The first kappa shape index (κ1) is 12.6. The molecular weight excluding hydrogens is 228 g/mol. The summed E-state index contributed by atoms with van der Waals surface area (Å²) < 4.78 is 0. The largest absolute Gasteiger partial charge is 0.477 e. The Hall–Kier alpha value is -1.81. The summed E-state index contributed by atoms with van der Waals surface area (Å²) >= 11 is 0. The van der Waals surface area contributed by atoms with Gasteiger partial charge in [-0.05, 0) is 57.2 Å². The lowest BCUT2D eigenvalue weighted by molar-refractivity contribution is 0.0691. The number of carboxylic acid groups (broad SMARTS) is 1. The van der Waals surface area contributed by atoms with E-state index in [2.05, 4.69) is 36.1 Å². The summed E-state index contributed by atoms with van der Waals surface area (Å²) in [5.41, 5.74) is 2.37. The molecule has 0 spiro atoms. The van der Waals surface area contributed by atoms with Crippen molar-refractivity contribution in [3.05, 3.63) is 35.5 Å². The number of benzene rings is 1. The van der Waals surface area contributed by atoms with E-state index < -0.39 is 5.97 Å². The van der Waals surface area contributed by atoms with Crippen molar-refractivity contribution in [1.82, 2.24) is 9.88 Å². The van der Waals surface area contributed by atoms with Crippen molar-refractivity contribution < 1.29 is 9.90 Å². The third-order valence-electron chi connectivity index (χ3n) is 2.99. The van der Waals surface area contributed by atoms with Crippen LogP contribution in [-0.4, -0.2) is 41.6 Å². The van der Waals surface area contributed by atoms with Gasteiger partial charge in [0.1, 0.15) is 5.69 Å². The lowest BCUT2D eigenvalue weighted by atomic mass is 10.1. The summed E-state index contributed by atoms with van der Waals surface area (Å²) in [6.45, 7) is 1.06. The molecule has 0 aliphatic carbocycles. The second-order valence-corrected chi connectivity index (χ2v) is 4.82. The van der Waals surface area contributed by atoms with Gasteiger partial charge in [0.2, 0.25) is 0 Å². The summed E-state index contributed by atoms with van der Waals surface area (Å²) in [6, 6.07) is 7.76. The van der Waals surface area contributed by atoms with Crippen LogP contribution >= 0.6 is 0 Å². The summed E-state index contributed by atoms with van der Waals surface area (Å²) in [5.74, 6) is -0.916. The Morgan fingerprint density at radius 3 is 2.78 bits per heavy atom. The maximum absolute atomic E-state index is 10.9. The minimum absolute atomic E-state index is 0.246. The number of H-pyrrole nitrogens is 1. The van der Waals surface area contributed by atoms with Crippen molar-refractivity contribution >= 4 is 16.9 Å². The monoisotopic (exact) mass is 246 g/mol. The predicted molar refractivity (Wildman–Crippen MR) is 72.1 cm³/mol. The number of rotatable bonds is 5. The van der Waals surface area contributed by atoms with Crippen molar-refractivity contribution in [2.75, 3.05) is 20.6 Å². The zero-order chi connectivity index (χ0) is 13.1. The van der Waals surface area contributed by atoms with E-state index in [1.165, 1.54) is 5.56 Å². The molecule has 0 atom stereocenters. The molecule has 1 aromatic heterocycles. The van der Waals surface area contributed by atoms with Gasteiger partial charge in [-0.2, -0.15) is 0 Å². The number of hydrogen-bond donors (Lipinski definition) is 2. The second-order valence-electron chi connectivity index (χ2n) is 4.82. The molecule has 0 amide bonds. The summed E-state index contributed by atoms with van der Waals surface area (Å²) in [7, 11) is 4.13. The average Bonchev–Trinajstić information content (AvgIpc) is 2.71. The molecule has 18 heavy (non-hydrogen) atoms. The molecule has 2 rings (SSSR count). The standard InChI is InChI=1S/C14H18N2O2/c1-16(2)7-3-4-10-5-6-12-11(8-10)9-13(15-12)14(17)18/h5-6,8-9,15H,3-4,7H2,1-2H3,(H,17,18). The molecule has 0 aliphatic rings. The number of aromatic nitrogens is 1. The van der Waals surface area contributed by atoms with Crippen LogP contribution in [0.5, 0.6) is 0 Å². The third-order valence-corrected chi connectivity index (χ3v) is 2.99. The second kappa shape index (κ2) is 5.23. The molecule has 4 heteroatoms. The van der Waals surface area contributed by atoms with Crippen LogP contribution in [0.4, 0.5) is 0 Å². The normalized spacial score (nSPS) is 11.3. The van der Waals surface area contributed by atoms with Gasteiger partial charge in [0.25, 0.3) is 0 Å². The molecule has 0 aliphatic heterocycles. The highest BCUT2D eigenvalue weighted by Crippen LogP contribution is 2.18. The van der Waals surface area contributed by atoms with Crippen molar-refractivity contribution in [1.29, 1.82) is 0 Å². The molecule has 1 heterocycles. The zero-order valence-electron chi connectivity index (χ0n) is 10.7. The predicted octanol–water partition coefficient (Wildman–Crippen LogP) is 2.36. The lowest BCUT2D eigenvalue weighted by Crippen LogP contribution is -2.13. The average molecular weight is 246 g/mol. The van der Waals surface area contributed by atoms with Crippen molar-refractivity contribution in [3.63, 3.8) is 0 Å². The number of aromatic carboxylic acids is 1. The molecule has 0 saturated heterocycles. The Bertz CT molecular complexity index is 558. The van der Waals surface area contributed by atoms with Crippen molar-refractivity contribution in [2.45, 2.75) is 12.8 Å². The van der Waals surface area contributed by atoms with E-state index in [1.54, 1.807) is 6.07 Å².